The molecule has 2 aliphatic rings. The van der Waals surface area contributed by atoms with Gasteiger partial charge in [-0.15, -0.1) is 0 Å². The van der Waals surface area contributed by atoms with Crippen molar-refractivity contribution >= 4 is 21.4 Å². The fourth-order valence-electron chi connectivity index (χ4n) is 4.01. The molecule has 0 radical (unpaired) electrons. The number of hydrogen-bond acceptors (Lipinski definition) is 5. The SMILES string of the molecule is CC[C@H](C)[C@H]1C(O)=C(C2=CS(=O)(=O)c3ccccc3N2)C(=O)N1Cc1ccccc1. The molecule has 2 heterocycles. The third-order valence-corrected chi connectivity index (χ3v) is 7.25. The highest BCUT2D eigenvalue weighted by atomic mass is 32.2. The predicted octanol–water partition coefficient (Wildman–Crippen LogP) is 4.00. The Labute approximate surface area is 176 Å². The number of aliphatic hydroxyl groups excluding tert-OH is 1. The number of benzene rings is 2. The van der Waals surface area contributed by atoms with E-state index in [0.29, 0.717) is 12.2 Å². The molecule has 0 bridgehead atoms. The summed E-state index contributed by atoms with van der Waals surface area (Å²) in [5, 5.41) is 15.2. The topological polar surface area (TPSA) is 86.7 Å². The van der Waals surface area contributed by atoms with E-state index in [9.17, 15) is 18.3 Å². The Bertz CT molecular complexity index is 1150. The molecule has 7 heteroatoms. The Morgan fingerprint density at radius 1 is 1.10 bits per heavy atom. The first-order valence-electron chi connectivity index (χ1n) is 9.94. The number of aliphatic hydroxyl groups is 1. The van der Waals surface area contributed by atoms with E-state index in [1.165, 1.54) is 6.07 Å². The summed E-state index contributed by atoms with van der Waals surface area (Å²) in [7, 11) is -3.74. The third kappa shape index (κ3) is 3.39. The van der Waals surface area contributed by atoms with Crippen LogP contribution in [-0.4, -0.2) is 30.4 Å². The van der Waals surface area contributed by atoms with Crippen molar-refractivity contribution in [1.29, 1.82) is 0 Å². The number of amides is 1. The van der Waals surface area contributed by atoms with Gasteiger partial charge in [0.25, 0.3) is 5.91 Å². The zero-order chi connectivity index (χ0) is 21.5. The molecular weight excluding hydrogens is 400 g/mol. The van der Waals surface area contributed by atoms with Crippen LogP contribution in [0.15, 0.2) is 81.9 Å². The van der Waals surface area contributed by atoms with Crippen molar-refractivity contribution in [3.8, 4) is 0 Å². The summed E-state index contributed by atoms with van der Waals surface area (Å²) in [5.41, 5.74) is 1.47. The Kier molecular flexibility index (Phi) is 5.15. The Balaban J connectivity index is 1.77. The molecule has 6 nitrogen and oxygen atoms in total. The maximum absolute atomic E-state index is 13.4. The van der Waals surface area contributed by atoms with E-state index >= 15 is 0 Å². The largest absolute Gasteiger partial charge is 0.509 e. The molecule has 1 amide bonds. The fraction of sp³-hybridized carbons (Fsp3) is 0.261. The standard InChI is InChI=1S/C23H24N2O4S/c1-3-15(2)21-22(26)20(23(27)25(21)13-16-9-5-4-6-10-16)18-14-30(28,29)19-12-8-7-11-17(19)24-18/h4-12,14-15,21,24,26H,3,13H2,1-2H3/t15-,21-/m0/s1. The van der Waals surface area contributed by atoms with Crippen LogP contribution in [0.25, 0.3) is 0 Å². The van der Waals surface area contributed by atoms with Gasteiger partial charge in [-0.05, 0) is 23.6 Å². The van der Waals surface area contributed by atoms with Gasteiger partial charge in [-0.3, -0.25) is 4.79 Å². The number of nitrogens with one attached hydrogen (secondary N) is 1. The molecule has 2 aromatic carbocycles. The van der Waals surface area contributed by atoms with Crippen LogP contribution in [-0.2, 0) is 21.2 Å². The predicted molar refractivity (Wildman–Crippen MR) is 115 cm³/mol. The summed E-state index contributed by atoms with van der Waals surface area (Å²) in [5.74, 6) is -0.461. The minimum atomic E-state index is -3.74. The normalized spacial score (nSPS) is 21.1. The molecule has 0 spiro atoms. The minimum Gasteiger partial charge on any atom is -0.509 e. The average molecular weight is 425 g/mol. The summed E-state index contributed by atoms with van der Waals surface area (Å²) in [6.45, 7) is 4.31. The lowest BCUT2D eigenvalue weighted by Crippen LogP contribution is -2.39. The molecule has 156 valence electrons. The van der Waals surface area contributed by atoms with Crippen LogP contribution < -0.4 is 5.32 Å². The number of carbonyl (C=O) groups is 1. The molecule has 0 saturated heterocycles. The highest BCUT2D eigenvalue weighted by molar-refractivity contribution is 7.94. The molecule has 4 rings (SSSR count). The van der Waals surface area contributed by atoms with Gasteiger partial charge in [0, 0.05) is 6.54 Å². The molecule has 30 heavy (non-hydrogen) atoms. The van der Waals surface area contributed by atoms with E-state index in [1.807, 2.05) is 44.2 Å². The summed E-state index contributed by atoms with van der Waals surface area (Å²) in [4.78, 5) is 15.2. The second kappa shape index (κ2) is 7.65. The van der Waals surface area contributed by atoms with Crippen molar-refractivity contribution in [3.05, 3.63) is 82.6 Å². The number of rotatable bonds is 5. The number of nitrogens with zero attached hydrogens (tertiary/aromatic N) is 1. The maximum Gasteiger partial charge on any atom is 0.260 e. The first-order chi connectivity index (χ1) is 14.3. The Hall–Kier alpha value is -3.06. The molecule has 0 aromatic heterocycles. The smallest absolute Gasteiger partial charge is 0.260 e. The van der Waals surface area contributed by atoms with Gasteiger partial charge in [-0.1, -0.05) is 62.7 Å². The quantitative estimate of drug-likeness (QED) is 0.758. The minimum absolute atomic E-state index is 0.00301. The number of hydrogen-bond donors (Lipinski definition) is 2. The molecular formula is C23H24N2O4S. The van der Waals surface area contributed by atoms with Crippen LogP contribution in [0, 0.1) is 5.92 Å². The van der Waals surface area contributed by atoms with Crippen molar-refractivity contribution in [2.24, 2.45) is 5.92 Å². The van der Waals surface area contributed by atoms with Gasteiger partial charge in [-0.25, -0.2) is 8.42 Å². The highest BCUT2D eigenvalue weighted by Gasteiger charge is 2.44. The van der Waals surface area contributed by atoms with E-state index in [0.717, 1.165) is 17.4 Å². The maximum atomic E-state index is 13.4. The van der Waals surface area contributed by atoms with Crippen molar-refractivity contribution < 1.29 is 18.3 Å². The van der Waals surface area contributed by atoms with Gasteiger partial charge in [0.2, 0.25) is 9.84 Å². The second-order valence-corrected chi connectivity index (χ2v) is 9.47. The van der Waals surface area contributed by atoms with Crippen LogP contribution in [0.3, 0.4) is 0 Å². The van der Waals surface area contributed by atoms with Gasteiger partial charge in [0.05, 0.1) is 27.7 Å². The van der Waals surface area contributed by atoms with Gasteiger partial charge < -0.3 is 15.3 Å². The number of sulfone groups is 1. The average Bonchev–Trinajstić information content (AvgIpc) is 2.97. The molecule has 0 saturated carbocycles. The number of anilines is 1. The lowest BCUT2D eigenvalue weighted by molar-refractivity contribution is -0.128. The molecule has 2 N–H and O–H groups in total. The molecule has 2 aromatic rings. The van der Waals surface area contributed by atoms with Crippen LogP contribution in [0.1, 0.15) is 25.8 Å². The van der Waals surface area contributed by atoms with Crippen molar-refractivity contribution in [2.75, 3.05) is 5.32 Å². The lowest BCUT2D eigenvalue weighted by atomic mass is 9.96. The second-order valence-electron chi connectivity index (χ2n) is 7.71. The first-order valence-corrected chi connectivity index (χ1v) is 11.5. The van der Waals surface area contributed by atoms with E-state index in [-0.39, 0.29) is 33.7 Å². The van der Waals surface area contributed by atoms with Crippen molar-refractivity contribution in [3.63, 3.8) is 0 Å². The number of fused-ring (bicyclic) bond motifs is 1. The van der Waals surface area contributed by atoms with Crippen molar-refractivity contribution in [2.45, 2.75) is 37.8 Å². The zero-order valence-corrected chi connectivity index (χ0v) is 17.7. The van der Waals surface area contributed by atoms with Crippen LogP contribution in [0.4, 0.5) is 5.69 Å². The van der Waals surface area contributed by atoms with Crippen LogP contribution >= 0.6 is 0 Å². The first kappa shape index (κ1) is 20.2. The molecule has 2 aliphatic heterocycles. The monoisotopic (exact) mass is 424 g/mol. The fourth-order valence-corrected chi connectivity index (χ4v) is 5.32. The molecule has 2 atom stereocenters. The van der Waals surface area contributed by atoms with E-state index in [4.69, 9.17) is 0 Å². The Morgan fingerprint density at radius 3 is 2.47 bits per heavy atom. The van der Waals surface area contributed by atoms with E-state index in [1.54, 1.807) is 23.1 Å². The van der Waals surface area contributed by atoms with Gasteiger partial charge in [-0.2, -0.15) is 0 Å². The summed E-state index contributed by atoms with van der Waals surface area (Å²) in [6, 6.07) is 15.6. The van der Waals surface area contributed by atoms with E-state index in [2.05, 4.69) is 5.32 Å². The molecule has 0 fully saturated rings. The number of para-hydroxylation sites is 1. The van der Waals surface area contributed by atoms with Crippen LogP contribution in [0.5, 0.6) is 0 Å². The number of carbonyl (C=O) groups excluding carboxylic acids is 1. The van der Waals surface area contributed by atoms with Crippen LogP contribution in [0.2, 0.25) is 0 Å². The van der Waals surface area contributed by atoms with Gasteiger partial charge in [0.15, 0.2) is 0 Å². The molecule has 0 unspecified atom stereocenters. The van der Waals surface area contributed by atoms with E-state index < -0.39 is 15.9 Å². The van der Waals surface area contributed by atoms with Crippen molar-refractivity contribution in [1.82, 2.24) is 4.90 Å². The Morgan fingerprint density at radius 2 is 1.77 bits per heavy atom. The lowest BCUT2D eigenvalue weighted by Gasteiger charge is -2.29. The third-order valence-electron chi connectivity index (χ3n) is 5.73. The highest BCUT2D eigenvalue weighted by Crippen LogP contribution is 2.39. The van der Waals surface area contributed by atoms with Gasteiger partial charge in [0.1, 0.15) is 11.3 Å². The molecule has 0 aliphatic carbocycles. The summed E-state index contributed by atoms with van der Waals surface area (Å²) < 4.78 is 25.5. The summed E-state index contributed by atoms with van der Waals surface area (Å²) >= 11 is 0. The zero-order valence-electron chi connectivity index (χ0n) is 16.9. The van der Waals surface area contributed by atoms with Gasteiger partial charge >= 0.3 is 0 Å². The summed E-state index contributed by atoms with van der Waals surface area (Å²) in [6.07, 6.45) is 0.758.